The van der Waals surface area contributed by atoms with Gasteiger partial charge in [-0.3, -0.25) is 9.59 Å². The lowest BCUT2D eigenvalue weighted by Crippen LogP contribution is -2.58. The second-order valence-corrected chi connectivity index (χ2v) is 8.33. The molecule has 3 aromatic rings. The largest absolute Gasteiger partial charge is 0.317 e. The van der Waals surface area contributed by atoms with Gasteiger partial charge < -0.3 is 15.2 Å². The third-order valence-corrected chi connectivity index (χ3v) is 6.82. The zero-order valence-electron chi connectivity index (χ0n) is 15.6. The number of carbonyl (C=O) groups is 1. The fourth-order valence-corrected chi connectivity index (χ4v) is 5.47. The fraction of sp³-hybridized carbons (Fsp3) is 0.476. The summed E-state index contributed by atoms with van der Waals surface area (Å²) in [5.74, 6) is 0.710. The van der Waals surface area contributed by atoms with Gasteiger partial charge in [-0.1, -0.05) is 12.5 Å². The van der Waals surface area contributed by atoms with Gasteiger partial charge in [-0.05, 0) is 50.9 Å². The summed E-state index contributed by atoms with van der Waals surface area (Å²) in [5.41, 5.74) is 3.28. The Morgan fingerprint density at radius 3 is 2.79 bits per heavy atom. The van der Waals surface area contributed by atoms with Crippen LogP contribution in [0.1, 0.15) is 43.7 Å². The maximum atomic E-state index is 12.7. The van der Waals surface area contributed by atoms with Crippen LogP contribution in [0.25, 0.3) is 16.6 Å². The Morgan fingerprint density at radius 1 is 1.07 bits per heavy atom. The van der Waals surface area contributed by atoms with Gasteiger partial charge in [0.05, 0.1) is 28.2 Å². The van der Waals surface area contributed by atoms with E-state index in [1.165, 1.54) is 0 Å². The van der Waals surface area contributed by atoms with Gasteiger partial charge in [0.15, 0.2) is 0 Å². The van der Waals surface area contributed by atoms with Crippen LogP contribution < -0.4 is 15.8 Å². The minimum Gasteiger partial charge on any atom is -0.317 e. The van der Waals surface area contributed by atoms with Gasteiger partial charge in [0.25, 0.3) is 5.56 Å². The summed E-state index contributed by atoms with van der Waals surface area (Å²) in [7, 11) is 0. The normalized spacial score (nSPS) is 25.4. The Hall–Kier alpha value is -2.67. The molecule has 4 heterocycles. The Bertz CT molecular complexity index is 1160. The summed E-state index contributed by atoms with van der Waals surface area (Å²) >= 11 is 0. The van der Waals surface area contributed by atoms with Crippen LogP contribution in [0.3, 0.4) is 0 Å². The molecule has 7 heteroatoms. The first kappa shape index (κ1) is 16.3. The lowest BCUT2D eigenvalue weighted by molar-refractivity contribution is -0.128. The summed E-state index contributed by atoms with van der Waals surface area (Å²) in [4.78, 5) is 30.2. The molecule has 144 valence electrons. The monoisotopic (exact) mass is 377 g/mol. The first-order valence-electron chi connectivity index (χ1n) is 10.3. The van der Waals surface area contributed by atoms with E-state index in [1.807, 2.05) is 27.6 Å². The lowest BCUT2D eigenvalue weighted by Gasteiger charge is -2.43. The molecule has 3 aliphatic rings. The molecule has 1 saturated carbocycles. The number of carbonyl (C=O) groups excluding carboxylic acids is 1. The third kappa shape index (κ3) is 2.16. The van der Waals surface area contributed by atoms with Crippen molar-refractivity contribution in [2.24, 2.45) is 5.92 Å². The predicted molar refractivity (Wildman–Crippen MR) is 107 cm³/mol. The second kappa shape index (κ2) is 5.91. The van der Waals surface area contributed by atoms with Gasteiger partial charge in [-0.2, -0.15) is 5.10 Å². The first-order chi connectivity index (χ1) is 13.7. The molecule has 2 aliphatic heterocycles. The Morgan fingerprint density at radius 2 is 1.93 bits per heavy atom. The number of aromatic nitrogens is 3. The number of fused-ring (bicyclic) bond motifs is 4. The molecule has 0 radical (unpaired) electrons. The number of hydrogen-bond donors (Lipinski definition) is 2. The number of hydrogen-bond acceptors (Lipinski definition) is 4. The molecule has 0 bridgehead atoms. The second-order valence-electron chi connectivity index (χ2n) is 8.33. The summed E-state index contributed by atoms with van der Waals surface area (Å²) in [6.07, 6.45) is 5.16. The van der Waals surface area contributed by atoms with E-state index < -0.39 is 0 Å². The molecule has 2 atom stereocenters. The molecule has 3 fully saturated rings. The Labute approximate surface area is 161 Å². The predicted octanol–water partition coefficient (Wildman–Crippen LogP) is 2.16. The van der Waals surface area contributed by atoms with E-state index >= 15 is 0 Å². The van der Waals surface area contributed by atoms with Crippen molar-refractivity contribution in [3.05, 3.63) is 40.3 Å². The molecular formula is C21H23N5O2. The molecule has 2 N–H and O–H groups in total. The fourth-order valence-electron chi connectivity index (χ4n) is 5.47. The highest BCUT2D eigenvalue weighted by atomic mass is 16.2. The van der Waals surface area contributed by atoms with Crippen LogP contribution in [0.2, 0.25) is 0 Å². The van der Waals surface area contributed by atoms with Crippen molar-refractivity contribution in [3.8, 4) is 0 Å². The molecule has 2 saturated heterocycles. The number of piperidine rings is 1. The van der Waals surface area contributed by atoms with Crippen molar-refractivity contribution in [1.29, 1.82) is 0 Å². The minimum absolute atomic E-state index is 0.105. The maximum absolute atomic E-state index is 12.7. The highest BCUT2D eigenvalue weighted by molar-refractivity contribution is 6.12. The average molecular weight is 377 g/mol. The van der Waals surface area contributed by atoms with E-state index in [2.05, 4.69) is 10.3 Å². The van der Waals surface area contributed by atoms with Crippen LogP contribution in [0.4, 0.5) is 5.69 Å². The van der Waals surface area contributed by atoms with E-state index in [4.69, 9.17) is 5.10 Å². The topological polar surface area (TPSA) is 82.5 Å². The molecule has 7 nitrogen and oxygen atoms in total. The first-order valence-corrected chi connectivity index (χ1v) is 10.3. The minimum atomic E-state index is -0.105. The van der Waals surface area contributed by atoms with E-state index in [-0.39, 0.29) is 17.4 Å². The van der Waals surface area contributed by atoms with E-state index in [9.17, 15) is 9.59 Å². The van der Waals surface area contributed by atoms with E-state index in [1.54, 1.807) is 6.07 Å². The molecule has 1 aromatic carbocycles. The summed E-state index contributed by atoms with van der Waals surface area (Å²) in [5, 5.41) is 9.09. The number of amides is 1. The molecule has 1 aliphatic carbocycles. The molecule has 0 spiro atoms. The van der Waals surface area contributed by atoms with Crippen molar-refractivity contribution in [1.82, 2.24) is 19.9 Å². The number of β-lactam (4-membered cyclic amide) rings is 1. The highest BCUT2D eigenvalue weighted by Gasteiger charge is 2.50. The van der Waals surface area contributed by atoms with Crippen molar-refractivity contribution in [2.75, 3.05) is 18.0 Å². The number of nitrogens with one attached hydrogen (secondary N) is 2. The number of benzene rings is 1. The van der Waals surface area contributed by atoms with Crippen LogP contribution in [-0.4, -0.2) is 39.6 Å². The number of anilines is 1. The average Bonchev–Trinajstić information content (AvgIpc) is 3.30. The standard InChI is InChI=1S/C21H23N5O2/c27-18-11-17(12-7-9-22-10-8-12)26-20(23-18)19-14(24-26)4-2-6-16(19)25-15-5-1-3-13(15)21(25)28/h2,4,6,11-13,15,22H,1,3,5,7-10H2,(H,23,27). The van der Waals surface area contributed by atoms with Gasteiger partial charge in [-0.25, -0.2) is 4.52 Å². The zero-order chi connectivity index (χ0) is 18.8. The van der Waals surface area contributed by atoms with Crippen molar-refractivity contribution in [3.63, 3.8) is 0 Å². The molecular weight excluding hydrogens is 354 g/mol. The lowest BCUT2D eigenvalue weighted by atomic mass is 9.89. The van der Waals surface area contributed by atoms with Gasteiger partial charge in [-0.15, -0.1) is 0 Å². The SMILES string of the molecule is O=C1C2CCCC2N1c1cccc2nn3c(C4CCNCC4)cc(=O)[nH]c3c12. The number of aromatic amines is 1. The van der Waals surface area contributed by atoms with E-state index in [0.29, 0.717) is 17.6 Å². The summed E-state index contributed by atoms with van der Waals surface area (Å²) in [6.45, 7) is 1.91. The molecule has 28 heavy (non-hydrogen) atoms. The quantitative estimate of drug-likeness (QED) is 0.671. The Balaban J connectivity index is 1.57. The van der Waals surface area contributed by atoms with Crippen molar-refractivity contribution >= 4 is 28.1 Å². The van der Waals surface area contributed by atoms with Crippen LogP contribution in [-0.2, 0) is 4.79 Å². The van der Waals surface area contributed by atoms with Gasteiger partial charge in [0, 0.05) is 18.0 Å². The number of H-pyrrole nitrogens is 1. The Kier molecular flexibility index (Phi) is 3.44. The van der Waals surface area contributed by atoms with Crippen LogP contribution in [0, 0.1) is 5.92 Å². The summed E-state index contributed by atoms with van der Waals surface area (Å²) in [6, 6.07) is 7.91. The van der Waals surface area contributed by atoms with Gasteiger partial charge in [0.2, 0.25) is 5.91 Å². The van der Waals surface area contributed by atoms with Crippen molar-refractivity contribution < 1.29 is 4.79 Å². The van der Waals surface area contributed by atoms with Crippen LogP contribution >= 0.6 is 0 Å². The van der Waals surface area contributed by atoms with Crippen LogP contribution in [0.15, 0.2) is 29.1 Å². The van der Waals surface area contributed by atoms with E-state index in [0.717, 1.165) is 67.5 Å². The molecule has 6 rings (SSSR count). The summed E-state index contributed by atoms with van der Waals surface area (Å²) < 4.78 is 1.90. The van der Waals surface area contributed by atoms with Gasteiger partial charge >= 0.3 is 0 Å². The zero-order valence-corrected chi connectivity index (χ0v) is 15.6. The third-order valence-electron chi connectivity index (χ3n) is 6.82. The molecule has 1 amide bonds. The van der Waals surface area contributed by atoms with Gasteiger partial charge in [0.1, 0.15) is 5.65 Å². The molecule has 2 aromatic heterocycles. The smallest absolute Gasteiger partial charge is 0.251 e. The molecule has 2 unspecified atom stereocenters. The maximum Gasteiger partial charge on any atom is 0.251 e. The number of rotatable bonds is 2. The van der Waals surface area contributed by atoms with Crippen molar-refractivity contribution in [2.45, 2.75) is 44.1 Å². The number of nitrogens with zero attached hydrogens (tertiary/aromatic N) is 3. The highest BCUT2D eigenvalue weighted by Crippen LogP contribution is 2.45. The van der Waals surface area contributed by atoms with Crippen LogP contribution in [0.5, 0.6) is 0 Å².